The Labute approximate surface area is 167 Å². The van der Waals surface area contributed by atoms with Crippen LogP contribution in [0.25, 0.3) is 11.3 Å². The molecule has 3 rings (SSSR count). The van der Waals surface area contributed by atoms with Crippen molar-refractivity contribution in [2.24, 2.45) is 0 Å². The van der Waals surface area contributed by atoms with E-state index in [0.717, 1.165) is 11.3 Å². The second-order valence-corrected chi connectivity index (χ2v) is 5.95. The fourth-order valence-corrected chi connectivity index (χ4v) is 2.47. The van der Waals surface area contributed by atoms with E-state index < -0.39 is 0 Å². The van der Waals surface area contributed by atoms with Crippen LogP contribution in [0.5, 0.6) is 11.6 Å². The molecule has 8 heteroatoms. The van der Waals surface area contributed by atoms with Gasteiger partial charge >= 0.3 is 6.03 Å². The molecule has 1 aromatic heterocycles. The lowest BCUT2D eigenvalue weighted by atomic mass is 10.1. The highest BCUT2D eigenvalue weighted by atomic mass is 19.1. The molecule has 29 heavy (non-hydrogen) atoms. The number of carbonyl (C=O) groups is 1. The monoisotopic (exact) mass is 396 g/mol. The van der Waals surface area contributed by atoms with Crippen LogP contribution >= 0.6 is 0 Å². The van der Waals surface area contributed by atoms with Crippen molar-refractivity contribution in [3.8, 4) is 22.9 Å². The molecule has 0 atom stereocenters. The van der Waals surface area contributed by atoms with E-state index in [1.807, 2.05) is 6.92 Å². The van der Waals surface area contributed by atoms with Gasteiger partial charge in [0.25, 0.3) is 0 Å². The first-order valence-electron chi connectivity index (χ1n) is 9.14. The van der Waals surface area contributed by atoms with Crippen LogP contribution < -0.4 is 20.1 Å². The van der Waals surface area contributed by atoms with Gasteiger partial charge in [-0.15, -0.1) is 10.2 Å². The molecule has 0 saturated carbocycles. The van der Waals surface area contributed by atoms with Crippen LogP contribution in [-0.2, 0) is 0 Å². The smallest absolute Gasteiger partial charge is 0.319 e. The average molecular weight is 396 g/mol. The molecule has 1 heterocycles. The summed E-state index contributed by atoms with van der Waals surface area (Å²) in [7, 11) is 0. The summed E-state index contributed by atoms with van der Waals surface area (Å²) in [4.78, 5) is 11.9. The van der Waals surface area contributed by atoms with Crippen molar-refractivity contribution in [1.29, 1.82) is 0 Å². The van der Waals surface area contributed by atoms with Crippen molar-refractivity contribution < 1.29 is 18.7 Å². The average Bonchev–Trinajstić information content (AvgIpc) is 2.74. The molecule has 2 N–H and O–H groups in total. The van der Waals surface area contributed by atoms with Gasteiger partial charge in [0.2, 0.25) is 5.88 Å². The van der Waals surface area contributed by atoms with E-state index >= 15 is 0 Å². The maximum absolute atomic E-state index is 13.0. The Bertz CT molecular complexity index is 916. The van der Waals surface area contributed by atoms with Crippen molar-refractivity contribution in [2.45, 2.75) is 6.92 Å². The third-order valence-corrected chi connectivity index (χ3v) is 3.84. The highest BCUT2D eigenvalue weighted by molar-refractivity contribution is 5.89. The van der Waals surface area contributed by atoms with E-state index in [0.29, 0.717) is 30.4 Å². The van der Waals surface area contributed by atoms with Gasteiger partial charge in [-0.05, 0) is 61.5 Å². The van der Waals surface area contributed by atoms with E-state index in [9.17, 15) is 9.18 Å². The highest BCUT2D eigenvalue weighted by Gasteiger charge is 2.04. The van der Waals surface area contributed by atoms with Crippen LogP contribution in [0.3, 0.4) is 0 Å². The number of ether oxygens (including phenoxy) is 2. The normalized spacial score (nSPS) is 10.3. The summed E-state index contributed by atoms with van der Waals surface area (Å²) in [5.41, 5.74) is 2.04. The van der Waals surface area contributed by atoms with Crippen LogP contribution in [-0.4, -0.2) is 36.0 Å². The van der Waals surface area contributed by atoms with Crippen LogP contribution in [0.4, 0.5) is 14.9 Å². The van der Waals surface area contributed by atoms with Crippen molar-refractivity contribution in [3.05, 3.63) is 66.5 Å². The minimum absolute atomic E-state index is 0.237. The number of nitrogens with zero attached hydrogens (tertiary/aromatic N) is 2. The molecule has 0 bridgehead atoms. The largest absolute Gasteiger partial charge is 0.494 e. The van der Waals surface area contributed by atoms with Gasteiger partial charge in [-0.25, -0.2) is 9.18 Å². The van der Waals surface area contributed by atoms with Crippen molar-refractivity contribution in [2.75, 3.05) is 25.1 Å². The molecular weight excluding hydrogens is 375 g/mol. The number of aromatic nitrogens is 2. The van der Waals surface area contributed by atoms with Gasteiger partial charge in [-0.2, -0.15) is 0 Å². The predicted octanol–water partition coefficient (Wildman–Crippen LogP) is 3.88. The topological polar surface area (TPSA) is 85.4 Å². The number of carbonyl (C=O) groups excluding carboxylic acids is 1. The third kappa shape index (κ3) is 6.17. The summed E-state index contributed by atoms with van der Waals surface area (Å²) in [5, 5.41) is 13.5. The fraction of sp³-hybridized carbons (Fsp3) is 0.190. The first-order valence-corrected chi connectivity index (χ1v) is 9.14. The molecule has 150 valence electrons. The first-order chi connectivity index (χ1) is 14.1. The Balaban J connectivity index is 1.39. The van der Waals surface area contributed by atoms with Crippen LogP contribution in [0.15, 0.2) is 60.7 Å². The summed E-state index contributed by atoms with van der Waals surface area (Å²) < 4.78 is 23.8. The zero-order valence-corrected chi connectivity index (χ0v) is 15.9. The molecule has 3 aromatic rings. The van der Waals surface area contributed by atoms with E-state index in [-0.39, 0.29) is 18.5 Å². The predicted molar refractivity (Wildman–Crippen MR) is 108 cm³/mol. The highest BCUT2D eigenvalue weighted by Crippen LogP contribution is 2.18. The number of anilines is 1. The number of urea groups is 1. The maximum atomic E-state index is 13.0. The van der Waals surface area contributed by atoms with Crippen molar-refractivity contribution in [1.82, 2.24) is 15.5 Å². The summed E-state index contributed by atoms with van der Waals surface area (Å²) >= 11 is 0. The van der Waals surface area contributed by atoms with Crippen LogP contribution in [0, 0.1) is 5.82 Å². The molecule has 0 aliphatic heterocycles. The number of hydrogen-bond donors (Lipinski definition) is 2. The fourth-order valence-electron chi connectivity index (χ4n) is 2.47. The Morgan fingerprint density at radius 1 is 0.966 bits per heavy atom. The second kappa shape index (κ2) is 10.0. The lowest BCUT2D eigenvalue weighted by Crippen LogP contribution is -2.32. The van der Waals surface area contributed by atoms with Crippen LogP contribution in [0.2, 0.25) is 0 Å². The number of hydrogen-bond acceptors (Lipinski definition) is 5. The zero-order valence-electron chi connectivity index (χ0n) is 15.9. The Morgan fingerprint density at radius 3 is 2.38 bits per heavy atom. The van der Waals surface area contributed by atoms with Crippen molar-refractivity contribution >= 4 is 11.7 Å². The molecule has 0 radical (unpaired) electrons. The van der Waals surface area contributed by atoms with Gasteiger partial charge in [0.1, 0.15) is 18.2 Å². The molecule has 0 aliphatic carbocycles. The minimum Gasteiger partial charge on any atom is -0.494 e. The zero-order chi connectivity index (χ0) is 20.5. The maximum Gasteiger partial charge on any atom is 0.319 e. The van der Waals surface area contributed by atoms with Gasteiger partial charge in [0.05, 0.1) is 18.8 Å². The summed E-state index contributed by atoms with van der Waals surface area (Å²) in [5.74, 6) is 0.781. The lowest BCUT2D eigenvalue weighted by molar-refractivity contribution is 0.246. The SMILES string of the molecule is CCOc1ccc(NC(=O)NCCOc2ccc(-c3ccc(F)cc3)nn2)cc1. The van der Waals surface area contributed by atoms with Gasteiger partial charge in [-0.3, -0.25) is 0 Å². The minimum atomic E-state index is -0.337. The molecule has 2 amide bonds. The van der Waals surface area contributed by atoms with E-state index in [2.05, 4.69) is 20.8 Å². The second-order valence-electron chi connectivity index (χ2n) is 5.95. The van der Waals surface area contributed by atoms with E-state index in [1.54, 1.807) is 48.5 Å². The van der Waals surface area contributed by atoms with Gasteiger partial charge in [0, 0.05) is 17.3 Å². The van der Waals surface area contributed by atoms with E-state index in [1.165, 1.54) is 12.1 Å². The number of nitrogens with one attached hydrogen (secondary N) is 2. The molecule has 0 aliphatic rings. The Morgan fingerprint density at radius 2 is 1.72 bits per heavy atom. The third-order valence-electron chi connectivity index (χ3n) is 3.84. The van der Waals surface area contributed by atoms with Gasteiger partial charge in [0.15, 0.2) is 0 Å². The molecule has 7 nitrogen and oxygen atoms in total. The number of benzene rings is 2. The standard InChI is InChI=1S/C21H21FN4O3/c1-2-28-18-9-7-17(8-10-18)24-21(27)23-13-14-29-20-12-11-19(25-26-20)15-3-5-16(22)6-4-15/h3-12H,2,13-14H2,1H3,(H2,23,24,27). The molecule has 2 aromatic carbocycles. The number of amides is 2. The van der Waals surface area contributed by atoms with Gasteiger partial charge < -0.3 is 20.1 Å². The lowest BCUT2D eigenvalue weighted by Gasteiger charge is -2.09. The number of rotatable bonds is 8. The van der Waals surface area contributed by atoms with Gasteiger partial charge in [-0.1, -0.05) is 0 Å². The molecule has 0 spiro atoms. The van der Waals surface area contributed by atoms with Crippen molar-refractivity contribution in [3.63, 3.8) is 0 Å². The summed E-state index contributed by atoms with van der Waals surface area (Å²) in [6, 6.07) is 16.2. The number of halogens is 1. The summed E-state index contributed by atoms with van der Waals surface area (Å²) in [6.07, 6.45) is 0. The molecule has 0 fully saturated rings. The Hall–Kier alpha value is -3.68. The quantitative estimate of drug-likeness (QED) is 0.565. The van der Waals surface area contributed by atoms with Crippen LogP contribution in [0.1, 0.15) is 6.92 Å². The Kier molecular flexibility index (Phi) is 6.94. The molecule has 0 saturated heterocycles. The molecular formula is C21H21FN4O3. The first kappa shape index (κ1) is 20.1. The van der Waals surface area contributed by atoms with E-state index in [4.69, 9.17) is 9.47 Å². The molecule has 0 unspecified atom stereocenters. The summed E-state index contributed by atoms with van der Waals surface area (Å²) in [6.45, 7) is 3.03.